The highest BCUT2D eigenvalue weighted by Gasteiger charge is 2.24. The van der Waals surface area contributed by atoms with Gasteiger partial charge in [0.05, 0.1) is 25.6 Å². The van der Waals surface area contributed by atoms with E-state index in [1.165, 1.54) is 7.11 Å². The summed E-state index contributed by atoms with van der Waals surface area (Å²) < 4.78 is 41.8. The maximum atomic E-state index is 12.3. The lowest BCUT2D eigenvalue weighted by Crippen LogP contribution is -2.45. The molecule has 1 atom stereocenters. The Kier molecular flexibility index (Phi) is 5.93. The number of carbonyl (C=O) groups is 1. The number of sulfonamides is 1. The van der Waals surface area contributed by atoms with Gasteiger partial charge in [-0.25, -0.2) is 8.42 Å². The van der Waals surface area contributed by atoms with Crippen LogP contribution in [-0.2, 0) is 14.8 Å². The monoisotopic (exact) mass is 406 g/mol. The van der Waals surface area contributed by atoms with E-state index in [1.807, 2.05) is 18.2 Å². The van der Waals surface area contributed by atoms with Crippen LogP contribution in [0, 0.1) is 0 Å². The highest BCUT2D eigenvalue weighted by Crippen LogP contribution is 2.30. The second kappa shape index (κ2) is 8.39. The molecule has 1 N–H and O–H groups in total. The third-order valence-corrected chi connectivity index (χ3v) is 5.28. The van der Waals surface area contributed by atoms with Crippen molar-refractivity contribution in [3.05, 3.63) is 48.5 Å². The number of benzene rings is 2. The average Bonchev–Trinajstić information content (AvgIpc) is 2.69. The molecule has 0 bridgehead atoms. The molecule has 1 heterocycles. The van der Waals surface area contributed by atoms with Crippen LogP contribution in [0.1, 0.15) is 0 Å². The first-order valence-electron chi connectivity index (χ1n) is 8.64. The van der Waals surface area contributed by atoms with Crippen LogP contribution in [0.15, 0.2) is 48.5 Å². The van der Waals surface area contributed by atoms with Gasteiger partial charge in [0.2, 0.25) is 15.9 Å². The largest absolute Gasteiger partial charge is 0.497 e. The molecule has 0 saturated heterocycles. The summed E-state index contributed by atoms with van der Waals surface area (Å²) in [5, 5.41) is 2.70. The lowest BCUT2D eigenvalue weighted by molar-refractivity contribution is -0.120. The number of para-hydroxylation sites is 2. The lowest BCUT2D eigenvalue weighted by Gasteiger charge is -2.27. The quantitative estimate of drug-likeness (QED) is 0.747. The Hall–Kier alpha value is -2.94. The topological polar surface area (TPSA) is 94.2 Å². The van der Waals surface area contributed by atoms with Gasteiger partial charge in [-0.3, -0.25) is 9.10 Å². The van der Waals surface area contributed by atoms with Crippen LogP contribution < -0.4 is 23.8 Å². The van der Waals surface area contributed by atoms with E-state index in [-0.39, 0.29) is 19.2 Å². The Bertz CT molecular complexity index is 930. The number of carbonyl (C=O) groups excluding carboxylic acids is 1. The number of hydrogen-bond donors (Lipinski definition) is 1. The summed E-state index contributed by atoms with van der Waals surface area (Å²) in [7, 11) is -2.12. The summed E-state index contributed by atoms with van der Waals surface area (Å²) in [6, 6.07) is 13.7. The zero-order valence-corrected chi connectivity index (χ0v) is 16.4. The molecule has 150 valence electrons. The number of hydrogen-bond acceptors (Lipinski definition) is 6. The highest BCUT2D eigenvalue weighted by atomic mass is 32.2. The van der Waals surface area contributed by atoms with Gasteiger partial charge in [0, 0.05) is 0 Å². The van der Waals surface area contributed by atoms with Crippen molar-refractivity contribution in [2.24, 2.45) is 0 Å². The van der Waals surface area contributed by atoms with Crippen molar-refractivity contribution in [1.29, 1.82) is 0 Å². The van der Waals surface area contributed by atoms with Gasteiger partial charge in [-0.05, 0) is 36.4 Å². The third kappa shape index (κ3) is 4.86. The van der Waals surface area contributed by atoms with Crippen molar-refractivity contribution in [1.82, 2.24) is 5.32 Å². The van der Waals surface area contributed by atoms with Crippen LogP contribution in [0.3, 0.4) is 0 Å². The minimum absolute atomic E-state index is 0.202. The second-order valence-electron chi connectivity index (χ2n) is 6.27. The van der Waals surface area contributed by atoms with Gasteiger partial charge in [0.1, 0.15) is 25.0 Å². The predicted molar refractivity (Wildman–Crippen MR) is 105 cm³/mol. The number of ether oxygens (including phenoxy) is 3. The summed E-state index contributed by atoms with van der Waals surface area (Å²) in [5.74, 6) is 1.43. The first-order chi connectivity index (χ1) is 13.4. The van der Waals surface area contributed by atoms with Gasteiger partial charge in [0.15, 0.2) is 11.5 Å². The molecule has 0 unspecified atom stereocenters. The maximum Gasteiger partial charge on any atom is 0.240 e. The van der Waals surface area contributed by atoms with Gasteiger partial charge >= 0.3 is 0 Å². The number of nitrogens with zero attached hydrogens (tertiary/aromatic N) is 1. The zero-order valence-electron chi connectivity index (χ0n) is 15.6. The van der Waals surface area contributed by atoms with E-state index in [0.717, 1.165) is 10.6 Å². The summed E-state index contributed by atoms with van der Waals surface area (Å²) in [4.78, 5) is 12.3. The summed E-state index contributed by atoms with van der Waals surface area (Å²) in [6.45, 7) is 0.161. The Morgan fingerprint density at radius 1 is 1.18 bits per heavy atom. The molecule has 0 saturated carbocycles. The van der Waals surface area contributed by atoms with E-state index in [0.29, 0.717) is 29.5 Å². The third-order valence-electron chi connectivity index (χ3n) is 4.14. The smallest absolute Gasteiger partial charge is 0.240 e. The van der Waals surface area contributed by atoms with Crippen molar-refractivity contribution in [3.63, 3.8) is 0 Å². The standard InChI is InChI=1S/C19H22N2O6S/c1-25-15-9-7-14(8-10-15)21(28(2,23)24)12-19(22)20-11-16-13-26-17-5-3-4-6-18(17)27-16/h3-10,16H,11-13H2,1-2H3,(H,20,22)/t16-/m1/s1. The van der Waals surface area contributed by atoms with Crippen LogP contribution >= 0.6 is 0 Å². The van der Waals surface area contributed by atoms with E-state index < -0.39 is 15.9 Å². The molecule has 1 amide bonds. The fraction of sp³-hybridized carbons (Fsp3) is 0.316. The molecule has 0 radical (unpaired) electrons. The minimum Gasteiger partial charge on any atom is -0.497 e. The van der Waals surface area contributed by atoms with Crippen molar-refractivity contribution in [2.75, 3.05) is 37.4 Å². The molecule has 0 aliphatic carbocycles. The second-order valence-corrected chi connectivity index (χ2v) is 8.18. The van der Waals surface area contributed by atoms with Crippen LogP contribution in [-0.4, -0.2) is 53.5 Å². The SMILES string of the molecule is COc1ccc(N(CC(=O)NC[C@@H]2COc3ccccc3O2)S(C)(=O)=O)cc1. The first kappa shape index (κ1) is 19.8. The van der Waals surface area contributed by atoms with E-state index in [1.54, 1.807) is 30.3 Å². The Morgan fingerprint density at radius 2 is 1.86 bits per heavy atom. The summed E-state index contributed by atoms with van der Waals surface area (Å²) in [6.07, 6.45) is 0.700. The molecule has 2 aromatic rings. The van der Waals surface area contributed by atoms with Crippen molar-refractivity contribution >= 4 is 21.6 Å². The Balaban J connectivity index is 1.60. The maximum absolute atomic E-state index is 12.3. The van der Waals surface area contributed by atoms with Crippen LogP contribution in [0.5, 0.6) is 17.2 Å². The Labute approximate surface area is 164 Å². The molecule has 0 spiro atoms. The number of fused-ring (bicyclic) bond motifs is 1. The van der Waals surface area contributed by atoms with Gasteiger partial charge < -0.3 is 19.5 Å². The molecule has 0 aromatic heterocycles. The normalized spacial score (nSPS) is 15.6. The lowest BCUT2D eigenvalue weighted by atomic mass is 10.2. The van der Waals surface area contributed by atoms with Crippen LogP contribution in [0.25, 0.3) is 0 Å². The number of nitrogens with one attached hydrogen (secondary N) is 1. The minimum atomic E-state index is -3.64. The molecule has 1 aliphatic rings. The highest BCUT2D eigenvalue weighted by molar-refractivity contribution is 7.92. The fourth-order valence-corrected chi connectivity index (χ4v) is 3.58. The summed E-state index contributed by atoms with van der Waals surface area (Å²) in [5.41, 5.74) is 0.379. The predicted octanol–water partition coefficient (Wildman–Crippen LogP) is 1.42. The molecule has 8 nitrogen and oxygen atoms in total. The van der Waals surface area contributed by atoms with Crippen molar-refractivity contribution in [2.45, 2.75) is 6.10 Å². The zero-order chi connectivity index (χ0) is 20.1. The molecule has 2 aromatic carbocycles. The van der Waals surface area contributed by atoms with Crippen LogP contribution in [0.4, 0.5) is 5.69 Å². The Morgan fingerprint density at radius 3 is 2.50 bits per heavy atom. The van der Waals surface area contributed by atoms with Crippen molar-refractivity contribution in [3.8, 4) is 17.2 Å². The molecular weight excluding hydrogens is 384 g/mol. The molecule has 1 aliphatic heterocycles. The van der Waals surface area contributed by atoms with Crippen molar-refractivity contribution < 1.29 is 27.4 Å². The average molecular weight is 406 g/mol. The van der Waals surface area contributed by atoms with E-state index >= 15 is 0 Å². The van der Waals surface area contributed by atoms with E-state index in [2.05, 4.69) is 5.32 Å². The van der Waals surface area contributed by atoms with E-state index in [9.17, 15) is 13.2 Å². The fourth-order valence-electron chi connectivity index (χ4n) is 2.73. The molecule has 28 heavy (non-hydrogen) atoms. The number of anilines is 1. The molecule has 0 fully saturated rings. The molecule has 3 rings (SSSR count). The van der Waals surface area contributed by atoms with Gasteiger partial charge in [0.25, 0.3) is 0 Å². The van der Waals surface area contributed by atoms with Gasteiger partial charge in [-0.15, -0.1) is 0 Å². The summed E-state index contributed by atoms with van der Waals surface area (Å²) >= 11 is 0. The number of rotatable bonds is 7. The number of amides is 1. The van der Waals surface area contributed by atoms with Crippen LogP contribution in [0.2, 0.25) is 0 Å². The molecule has 9 heteroatoms. The van der Waals surface area contributed by atoms with E-state index in [4.69, 9.17) is 14.2 Å². The van der Waals surface area contributed by atoms with Gasteiger partial charge in [-0.1, -0.05) is 12.1 Å². The van der Waals surface area contributed by atoms with Gasteiger partial charge in [-0.2, -0.15) is 0 Å². The molecular formula is C19H22N2O6S. The first-order valence-corrected chi connectivity index (χ1v) is 10.5. The number of methoxy groups -OCH3 is 1.